The maximum atomic E-state index is 12.6. The van der Waals surface area contributed by atoms with Crippen LogP contribution in [0.1, 0.15) is 29.5 Å². The van der Waals surface area contributed by atoms with Gasteiger partial charge in [-0.3, -0.25) is 23.9 Å². The SMILES string of the molecule is Cc1c(/C=C2/SC(=S)N(CC(=O)O)C2=O)c(N2CCCC2)n(C)c(=O)c1C#N. The second kappa shape index (κ2) is 7.77. The van der Waals surface area contributed by atoms with E-state index in [4.69, 9.17) is 17.3 Å². The molecule has 2 aliphatic heterocycles. The minimum absolute atomic E-state index is 0.0257. The molecule has 1 amide bonds. The first kappa shape index (κ1) is 20.1. The summed E-state index contributed by atoms with van der Waals surface area (Å²) in [5, 5.41) is 18.4. The third kappa shape index (κ3) is 3.43. The van der Waals surface area contributed by atoms with Crippen LogP contribution >= 0.6 is 24.0 Å². The minimum Gasteiger partial charge on any atom is -0.480 e. The zero-order valence-corrected chi connectivity index (χ0v) is 17.0. The highest BCUT2D eigenvalue weighted by Gasteiger charge is 2.34. The lowest BCUT2D eigenvalue weighted by molar-refractivity contribution is -0.140. The molecule has 10 heteroatoms. The number of hydrogen-bond acceptors (Lipinski definition) is 7. The highest BCUT2D eigenvalue weighted by atomic mass is 32.2. The lowest BCUT2D eigenvalue weighted by atomic mass is 10.0. The van der Waals surface area contributed by atoms with Crippen molar-refractivity contribution in [1.29, 1.82) is 5.26 Å². The Morgan fingerprint density at radius 2 is 2.00 bits per heavy atom. The van der Waals surface area contributed by atoms with Crippen LogP contribution in [0.25, 0.3) is 6.08 Å². The normalized spacial score (nSPS) is 18.2. The predicted molar refractivity (Wildman–Crippen MR) is 110 cm³/mol. The number of aliphatic carboxylic acids is 1. The Morgan fingerprint density at radius 1 is 1.36 bits per heavy atom. The molecule has 0 radical (unpaired) electrons. The number of amides is 1. The fraction of sp³-hybridized carbons (Fsp3) is 0.389. The van der Waals surface area contributed by atoms with Gasteiger partial charge in [-0.1, -0.05) is 24.0 Å². The van der Waals surface area contributed by atoms with E-state index in [2.05, 4.69) is 4.90 Å². The number of carboxylic acid groups (broad SMARTS) is 1. The molecule has 3 heterocycles. The fourth-order valence-electron chi connectivity index (χ4n) is 3.43. The summed E-state index contributed by atoms with van der Waals surface area (Å²) in [4.78, 5) is 39.6. The fourth-order valence-corrected chi connectivity index (χ4v) is 4.66. The zero-order chi connectivity index (χ0) is 20.6. The number of nitrogens with zero attached hydrogens (tertiary/aromatic N) is 4. The van der Waals surface area contributed by atoms with Crippen molar-refractivity contribution in [3.8, 4) is 6.07 Å². The number of hydrogen-bond donors (Lipinski definition) is 1. The Morgan fingerprint density at radius 3 is 2.57 bits per heavy atom. The van der Waals surface area contributed by atoms with Gasteiger partial charge in [0.2, 0.25) is 0 Å². The molecule has 28 heavy (non-hydrogen) atoms. The van der Waals surface area contributed by atoms with E-state index in [0.717, 1.165) is 42.6 Å². The van der Waals surface area contributed by atoms with Crippen molar-refractivity contribution in [2.24, 2.45) is 7.05 Å². The maximum Gasteiger partial charge on any atom is 0.323 e. The van der Waals surface area contributed by atoms with Crippen LogP contribution in [0, 0.1) is 18.3 Å². The molecule has 0 spiro atoms. The zero-order valence-electron chi connectivity index (χ0n) is 15.4. The van der Waals surface area contributed by atoms with Gasteiger partial charge < -0.3 is 10.0 Å². The quantitative estimate of drug-likeness (QED) is 0.578. The standard InChI is InChI=1S/C18H18N4O4S2/c1-10-11(7-13-17(26)22(9-14(23)24)18(27)28-13)15(21-5-3-4-6-21)20(2)16(25)12(10)8-19/h7H,3-6,9H2,1-2H3,(H,23,24)/b13-7+. The summed E-state index contributed by atoms with van der Waals surface area (Å²) in [6, 6.07) is 1.96. The number of thiocarbonyl (C=S) groups is 1. The van der Waals surface area contributed by atoms with Crippen LogP contribution in [-0.2, 0) is 16.6 Å². The molecule has 0 aliphatic carbocycles. The van der Waals surface area contributed by atoms with Crippen molar-refractivity contribution in [3.63, 3.8) is 0 Å². The largest absolute Gasteiger partial charge is 0.480 e. The Kier molecular flexibility index (Phi) is 5.58. The van der Waals surface area contributed by atoms with E-state index >= 15 is 0 Å². The van der Waals surface area contributed by atoms with Gasteiger partial charge in [0.1, 0.15) is 28.3 Å². The molecule has 1 N–H and O–H groups in total. The molecule has 146 valence electrons. The first-order valence-electron chi connectivity index (χ1n) is 8.62. The van der Waals surface area contributed by atoms with E-state index in [1.807, 2.05) is 6.07 Å². The number of aromatic nitrogens is 1. The highest BCUT2D eigenvalue weighted by molar-refractivity contribution is 8.26. The molecule has 2 saturated heterocycles. The number of rotatable bonds is 4. The molecule has 0 bridgehead atoms. The summed E-state index contributed by atoms with van der Waals surface area (Å²) in [7, 11) is 1.61. The van der Waals surface area contributed by atoms with Crippen LogP contribution in [-0.4, -0.2) is 50.4 Å². The monoisotopic (exact) mass is 418 g/mol. The van der Waals surface area contributed by atoms with Gasteiger partial charge in [-0.15, -0.1) is 0 Å². The van der Waals surface area contributed by atoms with Crippen molar-refractivity contribution in [1.82, 2.24) is 9.47 Å². The topological polar surface area (TPSA) is 107 Å². The van der Waals surface area contributed by atoms with Crippen molar-refractivity contribution >= 4 is 52.1 Å². The molecule has 0 atom stereocenters. The van der Waals surface area contributed by atoms with Crippen LogP contribution < -0.4 is 10.5 Å². The third-order valence-corrected chi connectivity index (χ3v) is 6.19. The number of anilines is 1. The maximum absolute atomic E-state index is 12.6. The van der Waals surface area contributed by atoms with Crippen LogP contribution in [0.4, 0.5) is 5.82 Å². The van der Waals surface area contributed by atoms with Gasteiger partial charge in [0.25, 0.3) is 11.5 Å². The number of thioether (sulfide) groups is 1. The van der Waals surface area contributed by atoms with Gasteiger partial charge in [0, 0.05) is 25.7 Å². The van der Waals surface area contributed by atoms with E-state index < -0.39 is 18.4 Å². The Bertz CT molecular complexity index is 1020. The average molecular weight is 419 g/mol. The molecule has 0 aromatic carbocycles. The second-order valence-electron chi connectivity index (χ2n) is 6.57. The summed E-state index contributed by atoms with van der Waals surface area (Å²) in [6.45, 7) is 2.74. The molecule has 1 aromatic heterocycles. The smallest absolute Gasteiger partial charge is 0.323 e. The van der Waals surface area contributed by atoms with Crippen molar-refractivity contribution in [3.05, 3.63) is 31.9 Å². The van der Waals surface area contributed by atoms with Crippen LogP contribution in [0.5, 0.6) is 0 Å². The summed E-state index contributed by atoms with van der Waals surface area (Å²) >= 11 is 6.16. The number of carbonyl (C=O) groups is 2. The first-order valence-corrected chi connectivity index (χ1v) is 9.84. The highest BCUT2D eigenvalue weighted by Crippen LogP contribution is 2.36. The lowest BCUT2D eigenvalue weighted by Gasteiger charge is -2.25. The lowest BCUT2D eigenvalue weighted by Crippen LogP contribution is -2.33. The Labute approximate surface area is 171 Å². The molecule has 1 aromatic rings. The molecular formula is C18H18N4O4S2. The molecule has 0 saturated carbocycles. The molecule has 8 nitrogen and oxygen atoms in total. The minimum atomic E-state index is -1.15. The molecule has 2 aliphatic rings. The summed E-state index contributed by atoms with van der Waals surface area (Å²) in [6.07, 6.45) is 3.60. The molecule has 2 fully saturated rings. The number of nitriles is 1. The van der Waals surface area contributed by atoms with E-state index in [1.165, 1.54) is 4.57 Å². The van der Waals surface area contributed by atoms with Gasteiger partial charge >= 0.3 is 5.97 Å². The molecule has 3 rings (SSSR count). The van der Waals surface area contributed by atoms with Gasteiger partial charge in [0.15, 0.2) is 0 Å². The van der Waals surface area contributed by atoms with Gasteiger partial charge in [-0.05, 0) is 31.4 Å². The van der Waals surface area contributed by atoms with Gasteiger partial charge in [0.05, 0.1) is 4.91 Å². The van der Waals surface area contributed by atoms with E-state index in [-0.39, 0.29) is 20.3 Å². The first-order chi connectivity index (χ1) is 13.3. The summed E-state index contributed by atoms with van der Waals surface area (Å²) in [5.41, 5.74) is 0.752. The van der Waals surface area contributed by atoms with Crippen LogP contribution in [0.15, 0.2) is 9.70 Å². The Hall–Kier alpha value is -2.64. The van der Waals surface area contributed by atoms with Gasteiger partial charge in [-0.25, -0.2) is 0 Å². The molecular weight excluding hydrogens is 400 g/mol. The van der Waals surface area contributed by atoms with Crippen molar-refractivity contribution in [2.45, 2.75) is 19.8 Å². The van der Waals surface area contributed by atoms with Crippen LogP contribution in [0.2, 0.25) is 0 Å². The van der Waals surface area contributed by atoms with Crippen molar-refractivity contribution in [2.75, 3.05) is 24.5 Å². The van der Waals surface area contributed by atoms with E-state index in [1.54, 1.807) is 20.0 Å². The molecule has 0 unspecified atom stereocenters. The van der Waals surface area contributed by atoms with Crippen molar-refractivity contribution < 1.29 is 14.7 Å². The number of carboxylic acids is 1. The summed E-state index contributed by atoms with van der Waals surface area (Å²) < 4.78 is 1.62. The van der Waals surface area contributed by atoms with Gasteiger partial charge in [-0.2, -0.15) is 5.26 Å². The van der Waals surface area contributed by atoms with E-state index in [9.17, 15) is 19.6 Å². The number of carbonyl (C=O) groups excluding carboxylic acids is 1. The predicted octanol–water partition coefficient (Wildman–Crippen LogP) is 1.45. The third-order valence-electron chi connectivity index (χ3n) is 4.82. The Balaban J connectivity index is 2.17. The van der Waals surface area contributed by atoms with Crippen LogP contribution in [0.3, 0.4) is 0 Å². The average Bonchev–Trinajstić information content (AvgIpc) is 3.25. The number of pyridine rings is 1. The van der Waals surface area contributed by atoms with E-state index in [0.29, 0.717) is 16.9 Å². The summed E-state index contributed by atoms with van der Waals surface area (Å²) in [5.74, 6) is -0.987. The second-order valence-corrected chi connectivity index (χ2v) is 8.24.